The van der Waals surface area contributed by atoms with E-state index in [2.05, 4.69) is 15.5 Å². The minimum atomic E-state index is -0.0505. The summed E-state index contributed by atoms with van der Waals surface area (Å²) >= 11 is 2.77. The molecule has 0 spiro atoms. The maximum Gasteiger partial charge on any atom is 0.277 e. The highest BCUT2D eigenvalue weighted by Gasteiger charge is 2.11. The highest BCUT2D eigenvalue weighted by atomic mass is 32.2. The number of nitrogens with zero attached hydrogens (tertiary/aromatic N) is 2. The molecule has 0 aliphatic rings. The minimum Gasteiger partial charge on any atom is -0.410 e. The lowest BCUT2D eigenvalue weighted by Crippen LogP contribution is -2.27. The fourth-order valence-electron chi connectivity index (χ4n) is 1.57. The summed E-state index contributed by atoms with van der Waals surface area (Å²) in [6.07, 6.45) is 1.03. The lowest BCUT2D eigenvalue weighted by atomic mass is 10.4. The fraction of sp³-hybridized carbons (Fsp3) is 0.500. The predicted molar refractivity (Wildman–Crippen MR) is 87.0 cm³/mol. The van der Waals surface area contributed by atoms with Crippen molar-refractivity contribution >= 4 is 29.0 Å². The molecule has 1 N–H and O–H groups in total. The van der Waals surface area contributed by atoms with Crippen LogP contribution in [0.25, 0.3) is 10.8 Å². The second kappa shape index (κ2) is 8.92. The number of ether oxygens (including phenoxy) is 1. The lowest BCUT2D eigenvalue weighted by Gasteiger charge is -2.07. The highest BCUT2D eigenvalue weighted by molar-refractivity contribution is 7.99. The average molecular weight is 341 g/mol. The van der Waals surface area contributed by atoms with E-state index in [1.165, 1.54) is 23.1 Å². The van der Waals surface area contributed by atoms with Gasteiger partial charge in [0.1, 0.15) is 0 Å². The molecular weight excluding hydrogens is 322 g/mol. The van der Waals surface area contributed by atoms with E-state index < -0.39 is 0 Å². The van der Waals surface area contributed by atoms with Gasteiger partial charge in [0.25, 0.3) is 11.1 Å². The molecule has 0 aromatic carbocycles. The zero-order chi connectivity index (χ0) is 15.8. The highest BCUT2D eigenvalue weighted by Crippen LogP contribution is 2.26. The van der Waals surface area contributed by atoms with Gasteiger partial charge in [-0.25, -0.2) is 0 Å². The van der Waals surface area contributed by atoms with Gasteiger partial charge in [-0.3, -0.25) is 4.79 Å². The first-order chi connectivity index (χ1) is 10.6. The standard InChI is InChI=1S/C14H19N3O3S2/c1-10(2)19-7-4-6-15-12(18)9-22-14-17-16-13(20-14)11-5-3-8-21-11/h3,5,8,10H,4,6-7,9H2,1-2H3,(H,15,18). The third kappa shape index (κ3) is 5.78. The van der Waals surface area contributed by atoms with Crippen molar-refractivity contribution in [2.24, 2.45) is 0 Å². The lowest BCUT2D eigenvalue weighted by molar-refractivity contribution is -0.118. The largest absolute Gasteiger partial charge is 0.410 e. The topological polar surface area (TPSA) is 77.2 Å². The number of hydrogen-bond donors (Lipinski definition) is 1. The molecule has 0 saturated heterocycles. The van der Waals surface area contributed by atoms with Crippen molar-refractivity contribution in [3.8, 4) is 10.8 Å². The first kappa shape index (κ1) is 17.0. The summed E-state index contributed by atoms with van der Waals surface area (Å²) in [6, 6.07) is 3.84. The molecule has 0 aliphatic carbocycles. The van der Waals surface area contributed by atoms with E-state index in [0.29, 0.717) is 24.3 Å². The van der Waals surface area contributed by atoms with Gasteiger partial charge in [-0.15, -0.1) is 21.5 Å². The van der Waals surface area contributed by atoms with Crippen molar-refractivity contribution in [2.45, 2.75) is 31.6 Å². The summed E-state index contributed by atoms with van der Waals surface area (Å²) in [5.74, 6) is 0.700. The van der Waals surface area contributed by atoms with E-state index in [-0.39, 0.29) is 17.8 Å². The van der Waals surface area contributed by atoms with Crippen LogP contribution in [0.5, 0.6) is 0 Å². The molecule has 6 nitrogen and oxygen atoms in total. The fourth-order valence-corrected chi connectivity index (χ4v) is 2.80. The van der Waals surface area contributed by atoms with Crippen LogP contribution >= 0.6 is 23.1 Å². The van der Waals surface area contributed by atoms with Crippen LogP contribution in [0, 0.1) is 0 Å². The Bertz CT molecular complexity index is 570. The van der Waals surface area contributed by atoms with Crippen molar-refractivity contribution < 1.29 is 13.9 Å². The van der Waals surface area contributed by atoms with Crippen LogP contribution in [0.1, 0.15) is 20.3 Å². The SMILES string of the molecule is CC(C)OCCCNC(=O)CSc1nnc(-c2cccs2)o1. The zero-order valence-corrected chi connectivity index (χ0v) is 14.2. The number of hydrogen-bond acceptors (Lipinski definition) is 7. The molecular formula is C14H19N3O3S2. The first-order valence-electron chi connectivity index (χ1n) is 7.03. The molecule has 0 fully saturated rings. The minimum absolute atomic E-state index is 0.0505. The van der Waals surface area contributed by atoms with Gasteiger partial charge in [0.2, 0.25) is 5.91 Å². The van der Waals surface area contributed by atoms with E-state index in [0.717, 1.165) is 11.3 Å². The first-order valence-corrected chi connectivity index (χ1v) is 8.90. The van der Waals surface area contributed by atoms with Gasteiger partial charge in [-0.05, 0) is 31.7 Å². The van der Waals surface area contributed by atoms with Crippen molar-refractivity contribution in [2.75, 3.05) is 18.9 Å². The predicted octanol–water partition coefficient (Wildman–Crippen LogP) is 2.82. The molecule has 120 valence electrons. The summed E-state index contributed by atoms with van der Waals surface area (Å²) in [7, 11) is 0. The molecule has 1 amide bonds. The van der Waals surface area contributed by atoms with Crippen LogP contribution in [-0.2, 0) is 9.53 Å². The summed E-state index contributed by atoms with van der Waals surface area (Å²) in [5, 5.41) is 13.1. The Morgan fingerprint density at radius 3 is 3.09 bits per heavy atom. The average Bonchev–Trinajstić information content (AvgIpc) is 3.15. The second-order valence-electron chi connectivity index (χ2n) is 4.76. The molecule has 0 bridgehead atoms. The van der Waals surface area contributed by atoms with Crippen molar-refractivity contribution in [1.29, 1.82) is 0 Å². The molecule has 22 heavy (non-hydrogen) atoms. The molecule has 0 aliphatic heterocycles. The van der Waals surface area contributed by atoms with Crippen LogP contribution in [0.4, 0.5) is 0 Å². The van der Waals surface area contributed by atoms with E-state index in [4.69, 9.17) is 9.15 Å². The van der Waals surface area contributed by atoms with Crippen molar-refractivity contribution in [3.05, 3.63) is 17.5 Å². The Morgan fingerprint density at radius 1 is 1.50 bits per heavy atom. The van der Waals surface area contributed by atoms with Crippen molar-refractivity contribution in [3.63, 3.8) is 0 Å². The summed E-state index contributed by atoms with van der Waals surface area (Å²) < 4.78 is 10.9. The molecule has 2 aromatic rings. The van der Waals surface area contributed by atoms with E-state index in [1.807, 2.05) is 31.4 Å². The third-order valence-corrected chi connectivity index (χ3v) is 4.24. The summed E-state index contributed by atoms with van der Waals surface area (Å²) in [4.78, 5) is 12.6. The number of aromatic nitrogens is 2. The van der Waals surface area contributed by atoms with Gasteiger partial charge in [-0.2, -0.15) is 0 Å². The van der Waals surface area contributed by atoms with Gasteiger partial charge in [0, 0.05) is 13.2 Å². The number of rotatable bonds is 9. The molecule has 0 saturated carbocycles. The van der Waals surface area contributed by atoms with Gasteiger partial charge < -0.3 is 14.5 Å². The maximum atomic E-state index is 11.7. The van der Waals surface area contributed by atoms with Crippen LogP contribution < -0.4 is 5.32 Å². The van der Waals surface area contributed by atoms with E-state index in [9.17, 15) is 4.79 Å². The number of nitrogens with one attached hydrogen (secondary N) is 1. The van der Waals surface area contributed by atoms with E-state index in [1.54, 1.807) is 0 Å². The number of carbonyl (C=O) groups is 1. The molecule has 2 heterocycles. The Balaban J connectivity index is 1.64. The number of amides is 1. The van der Waals surface area contributed by atoms with Crippen LogP contribution in [-0.4, -0.2) is 41.1 Å². The Labute approximate surface area is 137 Å². The second-order valence-corrected chi connectivity index (χ2v) is 6.64. The quantitative estimate of drug-likeness (QED) is 0.558. The normalized spacial score (nSPS) is 11.0. The summed E-state index contributed by atoms with van der Waals surface area (Å²) in [5.41, 5.74) is 0. The van der Waals surface area contributed by atoms with Gasteiger partial charge in [-0.1, -0.05) is 17.8 Å². The molecule has 0 unspecified atom stereocenters. The molecule has 0 atom stereocenters. The van der Waals surface area contributed by atoms with Crippen LogP contribution in [0.2, 0.25) is 0 Å². The zero-order valence-electron chi connectivity index (χ0n) is 12.6. The van der Waals surface area contributed by atoms with Gasteiger partial charge in [0.05, 0.1) is 16.7 Å². The molecule has 2 aromatic heterocycles. The Kier molecular flexibility index (Phi) is 6.88. The third-order valence-electron chi connectivity index (χ3n) is 2.56. The monoisotopic (exact) mass is 341 g/mol. The molecule has 8 heteroatoms. The number of thiophene rings is 1. The molecule has 2 rings (SSSR count). The van der Waals surface area contributed by atoms with E-state index >= 15 is 0 Å². The van der Waals surface area contributed by atoms with Crippen LogP contribution in [0.3, 0.4) is 0 Å². The molecule has 0 radical (unpaired) electrons. The number of thioether (sulfide) groups is 1. The van der Waals surface area contributed by atoms with Crippen LogP contribution in [0.15, 0.2) is 27.2 Å². The van der Waals surface area contributed by atoms with Gasteiger partial charge in [0.15, 0.2) is 0 Å². The van der Waals surface area contributed by atoms with Gasteiger partial charge >= 0.3 is 0 Å². The Morgan fingerprint density at radius 2 is 2.36 bits per heavy atom. The smallest absolute Gasteiger partial charge is 0.277 e. The van der Waals surface area contributed by atoms with Crippen molar-refractivity contribution in [1.82, 2.24) is 15.5 Å². The number of carbonyl (C=O) groups excluding carboxylic acids is 1. The maximum absolute atomic E-state index is 11.7. The Hall–Kier alpha value is -1.38. The summed E-state index contributed by atoms with van der Waals surface area (Å²) in [6.45, 7) is 5.24.